The maximum Gasteiger partial charge on any atom is 0.163 e. The first-order valence-corrected chi connectivity index (χ1v) is 8.09. The molecule has 20 heavy (non-hydrogen) atoms. The third-order valence-corrected chi connectivity index (χ3v) is 3.79. The fourth-order valence-electron chi connectivity index (χ4n) is 2.58. The number of carbonyl (C=O) groups is 1. The van der Waals surface area contributed by atoms with Gasteiger partial charge in [0.15, 0.2) is 5.78 Å². The van der Waals surface area contributed by atoms with Crippen LogP contribution in [0.2, 0.25) is 0 Å². The van der Waals surface area contributed by atoms with Crippen LogP contribution < -0.4 is 0 Å². The molecule has 0 fully saturated rings. The molecular formula is C19H30O. The van der Waals surface area contributed by atoms with Gasteiger partial charge in [-0.2, -0.15) is 0 Å². The summed E-state index contributed by atoms with van der Waals surface area (Å²) in [4.78, 5) is 12.4. The second-order valence-corrected chi connectivity index (χ2v) is 6.74. The smallest absolute Gasteiger partial charge is 0.163 e. The fraction of sp³-hybridized carbons (Fsp3) is 0.632. The highest BCUT2D eigenvalue weighted by molar-refractivity contribution is 5.97. The average Bonchev–Trinajstić information content (AvgIpc) is 2.41. The van der Waals surface area contributed by atoms with Crippen molar-refractivity contribution in [2.75, 3.05) is 0 Å². The second-order valence-electron chi connectivity index (χ2n) is 6.74. The SMILES string of the molecule is CCCCCCCCC(=O)c1ccccc1C(C)(C)C. The summed E-state index contributed by atoms with van der Waals surface area (Å²) in [5, 5.41) is 0. The van der Waals surface area contributed by atoms with Gasteiger partial charge in [-0.25, -0.2) is 0 Å². The molecule has 112 valence electrons. The quantitative estimate of drug-likeness (QED) is 0.425. The molecule has 1 aromatic rings. The van der Waals surface area contributed by atoms with Gasteiger partial charge in [-0.15, -0.1) is 0 Å². The minimum absolute atomic E-state index is 0.0351. The van der Waals surface area contributed by atoms with Crippen molar-refractivity contribution < 1.29 is 4.79 Å². The number of hydrogen-bond acceptors (Lipinski definition) is 1. The highest BCUT2D eigenvalue weighted by Gasteiger charge is 2.20. The molecule has 1 rings (SSSR count). The topological polar surface area (TPSA) is 17.1 Å². The van der Waals surface area contributed by atoms with Gasteiger partial charge < -0.3 is 0 Å². The average molecular weight is 274 g/mol. The van der Waals surface area contributed by atoms with Gasteiger partial charge in [-0.3, -0.25) is 4.79 Å². The van der Waals surface area contributed by atoms with E-state index in [1.54, 1.807) is 0 Å². The van der Waals surface area contributed by atoms with E-state index in [1.165, 1.54) is 37.7 Å². The predicted molar refractivity (Wildman–Crippen MR) is 87.5 cm³/mol. The van der Waals surface area contributed by atoms with Crippen LogP contribution in [-0.2, 0) is 5.41 Å². The number of carbonyl (C=O) groups excluding carboxylic acids is 1. The molecule has 0 unspecified atom stereocenters. The van der Waals surface area contributed by atoms with Crippen molar-refractivity contribution in [2.45, 2.75) is 78.1 Å². The van der Waals surface area contributed by atoms with Crippen LogP contribution in [0, 0.1) is 0 Å². The predicted octanol–water partition coefficient (Wildman–Crippen LogP) is 5.92. The van der Waals surface area contributed by atoms with Crippen LogP contribution in [0.15, 0.2) is 24.3 Å². The van der Waals surface area contributed by atoms with E-state index in [0.29, 0.717) is 12.2 Å². The molecule has 1 heteroatoms. The Bertz CT molecular complexity index is 412. The highest BCUT2D eigenvalue weighted by atomic mass is 16.1. The fourth-order valence-corrected chi connectivity index (χ4v) is 2.58. The Morgan fingerprint density at radius 3 is 2.20 bits per heavy atom. The van der Waals surface area contributed by atoms with Crippen LogP contribution in [0.5, 0.6) is 0 Å². The van der Waals surface area contributed by atoms with Gasteiger partial charge in [0.25, 0.3) is 0 Å². The monoisotopic (exact) mass is 274 g/mol. The lowest BCUT2D eigenvalue weighted by Crippen LogP contribution is -2.16. The lowest BCUT2D eigenvalue weighted by Gasteiger charge is -2.22. The van der Waals surface area contributed by atoms with Crippen LogP contribution in [0.25, 0.3) is 0 Å². The molecule has 0 spiro atoms. The first-order chi connectivity index (χ1) is 9.46. The summed E-state index contributed by atoms with van der Waals surface area (Å²) in [6.07, 6.45) is 8.08. The molecule has 0 bridgehead atoms. The number of hydrogen-bond donors (Lipinski definition) is 0. The molecule has 1 nitrogen and oxygen atoms in total. The molecular weight excluding hydrogens is 244 g/mol. The summed E-state index contributed by atoms with van der Waals surface area (Å²) in [5.74, 6) is 0.311. The zero-order chi connectivity index (χ0) is 15.0. The van der Waals surface area contributed by atoms with Crippen LogP contribution in [0.4, 0.5) is 0 Å². The number of benzene rings is 1. The Balaban J connectivity index is 2.52. The van der Waals surface area contributed by atoms with Crippen LogP contribution in [-0.4, -0.2) is 5.78 Å². The second kappa shape index (κ2) is 8.24. The van der Waals surface area contributed by atoms with Crippen molar-refractivity contribution in [2.24, 2.45) is 0 Å². The van der Waals surface area contributed by atoms with Gasteiger partial charge in [-0.1, -0.05) is 84.1 Å². The lowest BCUT2D eigenvalue weighted by molar-refractivity contribution is 0.0977. The maximum atomic E-state index is 12.4. The summed E-state index contributed by atoms with van der Waals surface area (Å²) < 4.78 is 0. The van der Waals surface area contributed by atoms with E-state index in [2.05, 4.69) is 33.8 Å². The van der Waals surface area contributed by atoms with Crippen LogP contribution >= 0.6 is 0 Å². The van der Waals surface area contributed by atoms with Gasteiger partial charge in [0, 0.05) is 12.0 Å². The molecule has 0 saturated carbocycles. The van der Waals surface area contributed by atoms with E-state index in [4.69, 9.17) is 0 Å². The van der Waals surface area contributed by atoms with Crippen molar-refractivity contribution in [3.8, 4) is 0 Å². The highest BCUT2D eigenvalue weighted by Crippen LogP contribution is 2.27. The van der Waals surface area contributed by atoms with Crippen LogP contribution in [0.1, 0.15) is 88.6 Å². The maximum absolute atomic E-state index is 12.4. The first kappa shape index (κ1) is 16.9. The van der Waals surface area contributed by atoms with Gasteiger partial charge in [0.2, 0.25) is 0 Å². The van der Waals surface area contributed by atoms with E-state index in [1.807, 2.05) is 18.2 Å². The summed E-state index contributed by atoms with van der Waals surface area (Å²) in [7, 11) is 0. The van der Waals surface area contributed by atoms with Crippen LogP contribution in [0.3, 0.4) is 0 Å². The Morgan fingerprint density at radius 1 is 0.950 bits per heavy atom. The molecule has 0 saturated heterocycles. The Kier molecular flexibility index (Phi) is 6.98. The molecule has 1 aromatic carbocycles. The molecule has 0 aliphatic heterocycles. The number of Topliss-reactive ketones (excluding diaryl/α,β-unsaturated/α-hetero) is 1. The number of unbranched alkanes of at least 4 members (excludes halogenated alkanes) is 5. The van der Waals surface area contributed by atoms with Gasteiger partial charge in [0.1, 0.15) is 0 Å². The Labute approximate surface area is 124 Å². The zero-order valence-corrected chi connectivity index (χ0v) is 13.7. The third kappa shape index (κ3) is 5.48. The largest absolute Gasteiger partial charge is 0.294 e. The molecule has 0 heterocycles. The zero-order valence-electron chi connectivity index (χ0n) is 13.7. The normalized spacial score (nSPS) is 11.6. The molecule has 0 amide bonds. The van der Waals surface area contributed by atoms with Gasteiger partial charge >= 0.3 is 0 Å². The minimum atomic E-state index is 0.0351. The number of rotatable bonds is 8. The summed E-state index contributed by atoms with van der Waals surface area (Å²) in [5.41, 5.74) is 2.14. The van der Waals surface area contributed by atoms with Crippen molar-refractivity contribution in [1.29, 1.82) is 0 Å². The van der Waals surface area contributed by atoms with Crippen molar-refractivity contribution in [3.05, 3.63) is 35.4 Å². The van der Waals surface area contributed by atoms with Gasteiger partial charge in [-0.05, 0) is 17.4 Å². The third-order valence-electron chi connectivity index (χ3n) is 3.79. The molecule has 0 N–H and O–H groups in total. The van der Waals surface area contributed by atoms with Gasteiger partial charge in [0.05, 0.1) is 0 Å². The first-order valence-electron chi connectivity index (χ1n) is 8.09. The van der Waals surface area contributed by atoms with E-state index in [9.17, 15) is 4.79 Å². The van der Waals surface area contributed by atoms with Crippen molar-refractivity contribution in [3.63, 3.8) is 0 Å². The Hall–Kier alpha value is -1.11. The molecule has 0 aromatic heterocycles. The standard InChI is InChI=1S/C19H30O/c1-5-6-7-8-9-10-15-18(20)16-13-11-12-14-17(16)19(2,3)4/h11-14H,5-10,15H2,1-4H3. The van der Waals surface area contributed by atoms with Crippen molar-refractivity contribution >= 4 is 5.78 Å². The molecule has 0 aliphatic rings. The summed E-state index contributed by atoms with van der Waals surface area (Å²) in [6.45, 7) is 8.74. The summed E-state index contributed by atoms with van der Waals surface area (Å²) >= 11 is 0. The lowest BCUT2D eigenvalue weighted by atomic mass is 9.82. The number of ketones is 1. The van der Waals surface area contributed by atoms with E-state index in [-0.39, 0.29) is 5.41 Å². The minimum Gasteiger partial charge on any atom is -0.294 e. The molecule has 0 radical (unpaired) electrons. The van der Waals surface area contributed by atoms with E-state index >= 15 is 0 Å². The molecule has 0 atom stereocenters. The van der Waals surface area contributed by atoms with E-state index in [0.717, 1.165) is 12.0 Å². The summed E-state index contributed by atoms with van der Waals surface area (Å²) in [6, 6.07) is 8.08. The Morgan fingerprint density at radius 2 is 1.55 bits per heavy atom. The van der Waals surface area contributed by atoms with Crippen molar-refractivity contribution in [1.82, 2.24) is 0 Å². The molecule has 0 aliphatic carbocycles. The van der Waals surface area contributed by atoms with E-state index < -0.39 is 0 Å².